The minimum atomic E-state index is -0.472. The number of nitrogens with zero attached hydrogens (tertiary/aromatic N) is 1. The number of carbonyl (C=O) groups excluding carboxylic acids is 1. The van der Waals surface area contributed by atoms with Gasteiger partial charge in [0.05, 0.1) is 12.1 Å². The van der Waals surface area contributed by atoms with E-state index in [0.717, 1.165) is 31.1 Å². The van der Waals surface area contributed by atoms with Gasteiger partial charge >= 0.3 is 6.09 Å². The maximum Gasteiger partial charge on any atom is 0.411 e. The molecule has 0 spiro atoms. The summed E-state index contributed by atoms with van der Waals surface area (Å²) in [7, 11) is 1.79. The highest BCUT2D eigenvalue weighted by atomic mass is 16.7. The summed E-state index contributed by atoms with van der Waals surface area (Å²) in [4.78, 5) is 15.1. The fraction of sp³-hybridized carbons (Fsp3) is 0.889. The van der Waals surface area contributed by atoms with Crippen LogP contribution in [-0.2, 0) is 14.2 Å². The van der Waals surface area contributed by atoms with Gasteiger partial charge < -0.3 is 14.2 Å². The van der Waals surface area contributed by atoms with Crippen LogP contribution in [0.4, 0.5) is 4.79 Å². The van der Waals surface area contributed by atoms with Gasteiger partial charge in [-0.05, 0) is 90.4 Å². The molecule has 1 amide bonds. The molecule has 5 heteroatoms. The molecule has 4 aliphatic rings. The van der Waals surface area contributed by atoms with E-state index in [1.54, 1.807) is 7.11 Å². The Morgan fingerprint density at radius 1 is 1.00 bits per heavy atom. The number of amides is 1. The molecular formula is C27H45NO4. The topological polar surface area (TPSA) is 48.0 Å². The van der Waals surface area contributed by atoms with Crippen molar-refractivity contribution >= 4 is 6.09 Å². The van der Waals surface area contributed by atoms with Gasteiger partial charge in [-0.2, -0.15) is 0 Å². The Labute approximate surface area is 195 Å². The molecule has 2 aliphatic heterocycles. The zero-order valence-electron chi connectivity index (χ0n) is 21.1. The average Bonchev–Trinajstić information content (AvgIpc) is 3.05. The predicted molar refractivity (Wildman–Crippen MR) is 126 cm³/mol. The second-order valence-corrected chi connectivity index (χ2v) is 11.8. The summed E-state index contributed by atoms with van der Waals surface area (Å²) >= 11 is 0. The largest absolute Gasteiger partial charge is 0.444 e. The lowest BCUT2D eigenvalue weighted by atomic mass is 9.57. The lowest BCUT2D eigenvalue weighted by Gasteiger charge is -2.47. The molecule has 182 valence electrons. The minimum absolute atomic E-state index is 0.0678. The normalized spacial score (nSPS) is 42.6. The average molecular weight is 448 g/mol. The van der Waals surface area contributed by atoms with E-state index in [2.05, 4.69) is 26.0 Å². The van der Waals surface area contributed by atoms with Gasteiger partial charge in [0.25, 0.3) is 0 Å². The Hall–Kier alpha value is -1.07. The first kappa shape index (κ1) is 24.1. The molecule has 0 aromatic carbocycles. The van der Waals surface area contributed by atoms with Crippen LogP contribution >= 0.6 is 0 Å². The predicted octanol–water partition coefficient (Wildman–Crippen LogP) is 6.17. The van der Waals surface area contributed by atoms with Gasteiger partial charge in [0.1, 0.15) is 5.60 Å². The highest BCUT2D eigenvalue weighted by Gasteiger charge is 2.53. The Bertz CT molecular complexity index is 686. The van der Waals surface area contributed by atoms with Crippen LogP contribution in [-0.4, -0.2) is 48.2 Å². The van der Waals surface area contributed by atoms with Crippen LogP contribution < -0.4 is 0 Å². The van der Waals surface area contributed by atoms with E-state index in [9.17, 15) is 4.79 Å². The van der Waals surface area contributed by atoms with Crippen molar-refractivity contribution in [2.45, 2.75) is 116 Å². The van der Waals surface area contributed by atoms with Gasteiger partial charge in [-0.1, -0.05) is 31.4 Å². The maximum absolute atomic E-state index is 13.1. The standard InChI is InChI=1S/C27H45NO4/c1-17-10-9-12-20(28(17)26(29)32-27(3,4)5)14-15-22-21-13-8-7-11-19(21)16-23-24(22)18(2)31-25(23)30-6/h14-15,17-25H,7-13,16H2,1-6H3/b15-14+/t17-,18-,19+,20+,21+,22-,23-,24+,25?/m0/s1. The van der Waals surface area contributed by atoms with Crippen molar-refractivity contribution in [3.63, 3.8) is 0 Å². The Morgan fingerprint density at radius 3 is 2.47 bits per heavy atom. The van der Waals surface area contributed by atoms with Crippen molar-refractivity contribution in [1.82, 2.24) is 4.90 Å². The number of allylic oxidation sites excluding steroid dienone is 1. The molecule has 2 saturated carbocycles. The van der Waals surface area contributed by atoms with Crippen LogP contribution in [0.25, 0.3) is 0 Å². The smallest absolute Gasteiger partial charge is 0.411 e. The number of likely N-dealkylation sites (tertiary alicyclic amines) is 1. The maximum atomic E-state index is 13.1. The third-order valence-corrected chi connectivity index (χ3v) is 8.56. The van der Waals surface area contributed by atoms with Gasteiger partial charge in [-0.25, -0.2) is 4.79 Å². The van der Waals surface area contributed by atoms with Crippen molar-refractivity contribution < 1.29 is 19.0 Å². The zero-order valence-corrected chi connectivity index (χ0v) is 21.1. The summed E-state index contributed by atoms with van der Waals surface area (Å²) < 4.78 is 17.8. The molecule has 1 unspecified atom stereocenters. The molecule has 0 aromatic heterocycles. The van der Waals surface area contributed by atoms with Gasteiger partial charge in [-0.15, -0.1) is 0 Å². The SMILES string of the molecule is COC1O[C@@H](C)[C@@H]2[C@@H](/C=C/[C@H]3CCC[C@H](C)N3C(=O)OC(C)(C)C)[C@@H]3CCCC[C@@H]3C[C@H]12. The number of piperidine rings is 1. The molecule has 5 nitrogen and oxygen atoms in total. The van der Waals surface area contributed by atoms with Crippen LogP contribution in [0.15, 0.2) is 12.2 Å². The molecule has 32 heavy (non-hydrogen) atoms. The van der Waals surface area contributed by atoms with E-state index in [4.69, 9.17) is 14.2 Å². The number of hydrogen-bond acceptors (Lipinski definition) is 4. The quantitative estimate of drug-likeness (QED) is 0.485. The molecule has 0 bridgehead atoms. The number of carbonyl (C=O) groups is 1. The van der Waals surface area contributed by atoms with Gasteiger partial charge in [-0.3, -0.25) is 4.90 Å². The molecule has 9 atom stereocenters. The Kier molecular flexibility index (Phi) is 7.26. The second-order valence-electron chi connectivity index (χ2n) is 11.8. The molecule has 0 radical (unpaired) electrons. The zero-order chi connectivity index (χ0) is 23.0. The van der Waals surface area contributed by atoms with Crippen LogP contribution in [0.2, 0.25) is 0 Å². The summed E-state index contributed by atoms with van der Waals surface area (Å²) in [6.07, 6.45) is 14.6. The van der Waals surface area contributed by atoms with Crippen LogP contribution in [0.5, 0.6) is 0 Å². The third kappa shape index (κ3) is 4.89. The third-order valence-electron chi connectivity index (χ3n) is 8.56. The molecule has 4 rings (SSSR count). The lowest BCUT2D eigenvalue weighted by Crippen LogP contribution is -2.50. The van der Waals surface area contributed by atoms with E-state index in [-0.39, 0.29) is 30.6 Å². The molecular weight excluding hydrogens is 402 g/mol. The van der Waals surface area contributed by atoms with Crippen molar-refractivity contribution in [3.05, 3.63) is 12.2 Å². The van der Waals surface area contributed by atoms with E-state index in [1.165, 1.54) is 32.1 Å². The summed E-state index contributed by atoms with van der Waals surface area (Å²) in [6, 6.07) is 0.327. The second kappa shape index (κ2) is 9.66. The minimum Gasteiger partial charge on any atom is -0.444 e. The molecule has 2 saturated heterocycles. The molecule has 4 fully saturated rings. The summed E-state index contributed by atoms with van der Waals surface area (Å²) in [5.41, 5.74) is -0.472. The van der Waals surface area contributed by atoms with Crippen molar-refractivity contribution in [2.75, 3.05) is 7.11 Å². The fourth-order valence-corrected chi connectivity index (χ4v) is 7.27. The highest BCUT2D eigenvalue weighted by Crippen LogP contribution is 2.55. The Morgan fingerprint density at radius 2 is 1.75 bits per heavy atom. The molecule has 2 heterocycles. The summed E-state index contributed by atoms with van der Waals surface area (Å²) in [5.74, 6) is 3.01. The van der Waals surface area contributed by atoms with E-state index in [0.29, 0.717) is 17.8 Å². The number of methoxy groups -OCH3 is 1. The molecule has 0 aromatic rings. The number of ether oxygens (including phenoxy) is 3. The molecule has 2 aliphatic carbocycles. The lowest BCUT2D eigenvalue weighted by molar-refractivity contribution is -0.132. The first-order chi connectivity index (χ1) is 15.2. The van der Waals surface area contributed by atoms with Crippen molar-refractivity contribution in [3.8, 4) is 0 Å². The first-order valence-electron chi connectivity index (χ1n) is 13.1. The Balaban J connectivity index is 1.57. The monoisotopic (exact) mass is 447 g/mol. The summed E-state index contributed by atoms with van der Waals surface area (Å²) in [5, 5.41) is 0. The first-order valence-corrected chi connectivity index (χ1v) is 13.1. The number of rotatable bonds is 3. The fourth-order valence-electron chi connectivity index (χ4n) is 7.27. The van der Waals surface area contributed by atoms with E-state index in [1.807, 2.05) is 25.7 Å². The van der Waals surface area contributed by atoms with Gasteiger partial charge in [0.15, 0.2) is 6.29 Å². The van der Waals surface area contributed by atoms with Crippen LogP contribution in [0, 0.1) is 29.6 Å². The van der Waals surface area contributed by atoms with Gasteiger partial charge in [0.2, 0.25) is 0 Å². The highest BCUT2D eigenvalue weighted by molar-refractivity contribution is 5.69. The van der Waals surface area contributed by atoms with Crippen molar-refractivity contribution in [2.24, 2.45) is 29.6 Å². The van der Waals surface area contributed by atoms with E-state index < -0.39 is 5.60 Å². The molecule has 0 N–H and O–H groups in total. The van der Waals surface area contributed by atoms with Crippen LogP contribution in [0.3, 0.4) is 0 Å². The van der Waals surface area contributed by atoms with Gasteiger partial charge in [0, 0.05) is 19.1 Å². The number of fused-ring (bicyclic) bond motifs is 2. The van der Waals surface area contributed by atoms with Crippen LogP contribution in [0.1, 0.15) is 86.0 Å². The van der Waals surface area contributed by atoms with E-state index >= 15 is 0 Å². The van der Waals surface area contributed by atoms with Crippen molar-refractivity contribution in [1.29, 1.82) is 0 Å². The summed E-state index contributed by atoms with van der Waals surface area (Å²) in [6.45, 7) is 10.2. The number of hydrogen-bond donors (Lipinski definition) is 0.